The van der Waals surface area contributed by atoms with Gasteiger partial charge in [-0.1, -0.05) is 32.3 Å². The number of ether oxygens (including phenoxy) is 2. The number of carboxylic acid groups (broad SMARTS) is 1. The third kappa shape index (κ3) is 7.36. The molecule has 1 unspecified atom stereocenters. The molecule has 1 aromatic heterocycles. The van der Waals surface area contributed by atoms with Crippen LogP contribution >= 0.6 is 11.7 Å². The molecule has 2 atom stereocenters. The van der Waals surface area contributed by atoms with Gasteiger partial charge in [0.25, 0.3) is 5.88 Å². The Morgan fingerprint density at radius 1 is 1.23 bits per heavy atom. The molecule has 0 saturated heterocycles. The van der Waals surface area contributed by atoms with Gasteiger partial charge in [-0.2, -0.15) is 4.37 Å². The zero-order valence-electron chi connectivity index (χ0n) is 18.3. The maximum absolute atomic E-state index is 12.1. The predicted molar refractivity (Wildman–Crippen MR) is 115 cm³/mol. The highest BCUT2D eigenvalue weighted by molar-refractivity contribution is 6.99. The Labute approximate surface area is 182 Å². The largest absolute Gasteiger partial charge is 0.481 e. The van der Waals surface area contributed by atoms with E-state index >= 15 is 0 Å². The van der Waals surface area contributed by atoms with E-state index < -0.39 is 5.97 Å². The second-order valence-corrected chi connectivity index (χ2v) is 8.57. The molecule has 0 saturated carbocycles. The van der Waals surface area contributed by atoms with Gasteiger partial charge in [-0.25, -0.2) is 0 Å². The van der Waals surface area contributed by atoms with Crippen molar-refractivity contribution in [3.63, 3.8) is 0 Å². The summed E-state index contributed by atoms with van der Waals surface area (Å²) >= 11 is 1.15. The van der Waals surface area contributed by atoms with E-state index in [2.05, 4.69) is 28.8 Å². The summed E-state index contributed by atoms with van der Waals surface area (Å²) in [5.41, 5.74) is 1.86. The van der Waals surface area contributed by atoms with Gasteiger partial charge in [-0.05, 0) is 12.8 Å². The second kappa shape index (κ2) is 12.0. The van der Waals surface area contributed by atoms with E-state index in [1.54, 1.807) is 0 Å². The van der Waals surface area contributed by atoms with Crippen molar-refractivity contribution in [1.29, 1.82) is 0 Å². The third-order valence-corrected chi connectivity index (χ3v) is 6.02. The first kappa shape index (κ1) is 24.3. The minimum absolute atomic E-state index is 0.0272. The highest BCUT2D eigenvalue weighted by Crippen LogP contribution is 2.31. The summed E-state index contributed by atoms with van der Waals surface area (Å²) in [6.45, 7) is 6.23. The molecule has 1 aliphatic rings. The summed E-state index contributed by atoms with van der Waals surface area (Å²) in [6, 6.07) is 0. The lowest BCUT2D eigenvalue weighted by atomic mass is 10.0. The first-order chi connectivity index (χ1) is 14.4. The van der Waals surface area contributed by atoms with Crippen LogP contribution in [0.15, 0.2) is 6.08 Å². The molecule has 0 aliphatic carbocycles. The van der Waals surface area contributed by atoms with Gasteiger partial charge < -0.3 is 14.6 Å². The molecule has 1 aromatic rings. The number of unbranched alkanes of at least 4 members (excludes halogenated alkanes) is 3. The molecule has 9 heteroatoms. The molecular formula is C21H34N3O5S+. The van der Waals surface area contributed by atoms with Gasteiger partial charge in [-0.3, -0.25) is 14.1 Å². The van der Waals surface area contributed by atoms with E-state index in [4.69, 9.17) is 14.6 Å². The fraction of sp³-hybridized carbons (Fsp3) is 0.714. The SMILES string of the molecule is CCCCCCOc1nsnc1C1=CCC[N+](C)([C@H](C)OC(=O)CCCC(=O)O)C1. The first-order valence-electron chi connectivity index (χ1n) is 10.8. The topological polar surface area (TPSA) is 98.6 Å². The Balaban J connectivity index is 1.92. The van der Waals surface area contributed by atoms with Crippen LogP contribution < -0.4 is 4.74 Å². The molecule has 0 amide bonds. The van der Waals surface area contributed by atoms with Crippen molar-refractivity contribution in [2.24, 2.45) is 0 Å². The highest BCUT2D eigenvalue weighted by Gasteiger charge is 2.36. The van der Waals surface area contributed by atoms with Crippen molar-refractivity contribution < 1.29 is 28.7 Å². The molecule has 0 radical (unpaired) electrons. The standard InChI is InChI=1S/C21H33N3O5S/c1-4-5-6-7-14-28-21-20(22-30-23-21)17-10-9-13-24(3,15-17)16(2)29-19(27)12-8-11-18(25)26/h10,16H,4-9,11-15H2,1-3H3/p+1/t16-,24?/m0/s1. The van der Waals surface area contributed by atoms with Crippen LogP contribution in [0.2, 0.25) is 0 Å². The van der Waals surface area contributed by atoms with Crippen LogP contribution in [-0.2, 0) is 14.3 Å². The molecule has 2 rings (SSSR count). The van der Waals surface area contributed by atoms with E-state index in [9.17, 15) is 9.59 Å². The molecule has 168 valence electrons. The summed E-state index contributed by atoms with van der Waals surface area (Å²) in [4.78, 5) is 22.7. The van der Waals surface area contributed by atoms with Crippen molar-refractivity contribution in [3.8, 4) is 5.88 Å². The van der Waals surface area contributed by atoms with Gasteiger partial charge in [-0.15, -0.1) is 4.37 Å². The number of esters is 1. The molecule has 0 fully saturated rings. The van der Waals surface area contributed by atoms with Crippen LogP contribution in [0.4, 0.5) is 0 Å². The van der Waals surface area contributed by atoms with Crippen molar-refractivity contribution in [3.05, 3.63) is 11.8 Å². The number of carboxylic acids is 1. The van der Waals surface area contributed by atoms with E-state index in [-0.39, 0.29) is 25.0 Å². The molecule has 8 nitrogen and oxygen atoms in total. The zero-order valence-corrected chi connectivity index (χ0v) is 19.1. The van der Waals surface area contributed by atoms with Gasteiger partial charge in [0.05, 0.1) is 31.9 Å². The van der Waals surface area contributed by atoms with E-state index in [1.165, 1.54) is 12.8 Å². The normalized spacial score (nSPS) is 19.8. The Morgan fingerprint density at radius 3 is 2.77 bits per heavy atom. The number of quaternary nitrogens is 1. The third-order valence-electron chi connectivity index (χ3n) is 5.51. The van der Waals surface area contributed by atoms with Gasteiger partial charge >= 0.3 is 11.9 Å². The average molecular weight is 441 g/mol. The summed E-state index contributed by atoms with van der Waals surface area (Å²) in [5, 5.41) is 8.71. The van der Waals surface area contributed by atoms with E-state index in [0.717, 1.165) is 48.8 Å². The van der Waals surface area contributed by atoms with Gasteiger partial charge in [0.15, 0.2) is 0 Å². The maximum atomic E-state index is 12.1. The number of carbonyl (C=O) groups excluding carboxylic acids is 1. The number of rotatable bonds is 13. The van der Waals surface area contributed by atoms with Crippen molar-refractivity contribution in [2.75, 3.05) is 26.7 Å². The van der Waals surface area contributed by atoms with Crippen LogP contribution in [0.25, 0.3) is 5.57 Å². The summed E-state index contributed by atoms with van der Waals surface area (Å²) < 4.78 is 20.8. The van der Waals surface area contributed by atoms with Crippen molar-refractivity contribution >= 4 is 29.2 Å². The molecule has 2 heterocycles. The molecule has 0 bridgehead atoms. The molecule has 0 aromatic carbocycles. The lowest BCUT2D eigenvalue weighted by Gasteiger charge is -2.41. The van der Waals surface area contributed by atoms with Crippen LogP contribution in [-0.4, -0.2) is 63.2 Å². The fourth-order valence-electron chi connectivity index (χ4n) is 3.48. The Kier molecular flexibility index (Phi) is 9.71. The number of aromatic nitrogens is 2. The minimum atomic E-state index is -0.902. The number of hydrogen-bond acceptors (Lipinski definition) is 7. The molecular weight excluding hydrogens is 406 g/mol. The number of nitrogens with zero attached hydrogens (tertiary/aromatic N) is 3. The highest BCUT2D eigenvalue weighted by atomic mass is 32.1. The van der Waals surface area contributed by atoms with Crippen LogP contribution in [0.3, 0.4) is 0 Å². The van der Waals surface area contributed by atoms with Crippen LogP contribution in [0.1, 0.15) is 70.9 Å². The van der Waals surface area contributed by atoms with E-state index in [0.29, 0.717) is 29.9 Å². The number of likely N-dealkylation sites (N-methyl/N-ethyl adjacent to an activating group) is 1. The quantitative estimate of drug-likeness (QED) is 0.282. The Morgan fingerprint density at radius 2 is 2.03 bits per heavy atom. The minimum Gasteiger partial charge on any atom is -0.481 e. The Bertz CT molecular complexity index is 736. The van der Waals surface area contributed by atoms with Gasteiger partial charge in [0, 0.05) is 31.8 Å². The molecule has 1 N–H and O–H groups in total. The van der Waals surface area contributed by atoms with Gasteiger partial charge in [0.1, 0.15) is 12.2 Å². The second-order valence-electron chi connectivity index (χ2n) is 8.04. The molecule has 30 heavy (non-hydrogen) atoms. The maximum Gasteiger partial charge on any atom is 0.310 e. The lowest BCUT2D eigenvalue weighted by Crippen LogP contribution is -2.55. The summed E-state index contributed by atoms with van der Waals surface area (Å²) in [5.74, 6) is -0.666. The number of hydrogen-bond donors (Lipinski definition) is 1. The Hall–Kier alpha value is -2.00. The predicted octanol–water partition coefficient (Wildman–Crippen LogP) is 3.88. The molecule has 0 spiro atoms. The number of aliphatic carboxylic acids is 1. The van der Waals surface area contributed by atoms with Crippen LogP contribution in [0, 0.1) is 0 Å². The van der Waals surface area contributed by atoms with Crippen molar-refractivity contribution in [1.82, 2.24) is 8.75 Å². The van der Waals surface area contributed by atoms with Crippen LogP contribution in [0.5, 0.6) is 5.88 Å². The zero-order chi connectivity index (χ0) is 22.0. The first-order valence-corrected chi connectivity index (χ1v) is 11.5. The lowest BCUT2D eigenvalue weighted by molar-refractivity contribution is -0.944. The monoisotopic (exact) mass is 440 g/mol. The smallest absolute Gasteiger partial charge is 0.310 e. The fourth-order valence-corrected chi connectivity index (χ4v) is 4.01. The average Bonchev–Trinajstić information content (AvgIpc) is 3.16. The summed E-state index contributed by atoms with van der Waals surface area (Å²) in [7, 11) is 2.06. The molecule has 1 aliphatic heterocycles. The van der Waals surface area contributed by atoms with E-state index in [1.807, 2.05) is 6.92 Å². The van der Waals surface area contributed by atoms with Gasteiger partial charge in [0.2, 0.25) is 6.23 Å². The number of carbonyl (C=O) groups is 2. The van der Waals surface area contributed by atoms with Crippen molar-refractivity contribution in [2.45, 2.75) is 71.4 Å². The summed E-state index contributed by atoms with van der Waals surface area (Å²) in [6.07, 6.45) is 7.61.